The lowest BCUT2D eigenvalue weighted by Gasteiger charge is -2.10. The number of hydrogen-bond acceptors (Lipinski definition) is 6. The summed E-state index contributed by atoms with van der Waals surface area (Å²) >= 11 is 0. The minimum absolute atomic E-state index is 0.0790. The number of aromatic nitrogens is 4. The molecule has 0 spiro atoms. The molecule has 0 saturated heterocycles. The molecule has 0 radical (unpaired) electrons. The molecule has 3 aromatic rings. The van der Waals surface area contributed by atoms with Crippen molar-refractivity contribution in [3.05, 3.63) is 55.1 Å². The first-order valence-corrected chi connectivity index (χ1v) is 8.08. The number of benzene rings is 1. The molecule has 3 rings (SSSR count). The van der Waals surface area contributed by atoms with Crippen LogP contribution in [-0.2, 0) is 11.3 Å². The molecule has 2 heterocycles. The van der Waals surface area contributed by atoms with E-state index >= 15 is 0 Å². The second kappa shape index (κ2) is 8.61. The van der Waals surface area contributed by atoms with Gasteiger partial charge in [0.1, 0.15) is 11.4 Å². The van der Waals surface area contributed by atoms with Crippen molar-refractivity contribution in [1.29, 1.82) is 0 Å². The van der Waals surface area contributed by atoms with Crippen molar-refractivity contribution in [1.82, 2.24) is 25.1 Å². The van der Waals surface area contributed by atoms with Crippen LogP contribution < -0.4 is 14.8 Å². The van der Waals surface area contributed by atoms with Crippen molar-refractivity contribution in [2.24, 2.45) is 0 Å². The number of nitrogens with zero attached hydrogens (tertiary/aromatic N) is 4. The van der Waals surface area contributed by atoms with E-state index in [1.165, 1.54) is 0 Å². The zero-order valence-electron chi connectivity index (χ0n) is 14.3. The molecule has 1 aromatic carbocycles. The standard InChI is InChI=1S/C18H19N5O3/c1-25-16-4-2-3-5-17(16)26-13-18(24)21-9-11-23-10-6-14(22-23)15-12-19-7-8-20-15/h2-8,10,12H,9,11,13H2,1H3,(H,21,24). The van der Waals surface area contributed by atoms with Gasteiger partial charge in [0.05, 0.1) is 19.9 Å². The highest BCUT2D eigenvalue weighted by atomic mass is 16.5. The fourth-order valence-corrected chi connectivity index (χ4v) is 2.30. The Morgan fingerprint density at radius 3 is 2.77 bits per heavy atom. The Morgan fingerprint density at radius 2 is 2.00 bits per heavy atom. The highest BCUT2D eigenvalue weighted by Gasteiger charge is 2.07. The van der Waals surface area contributed by atoms with E-state index in [2.05, 4.69) is 20.4 Å². The second-order valence-electron chi connectivity index (χ2n) is 5.34. The van der Waals surface area contributed by atoms with Crippen LogP contribution in [0.3, 0.4) is 0 Å². The smallest absolute Gasteiger partial charge is 0.258 e. The number of para-hydroxylation sites is 2. The third-order valence-corrected chi connectivity index (χ3v) is 3.56. The summed E-state index contributed by atoms with van der Waals surface area (Å²) in [5.74, 6) is 0.913. The van der Waals surface area contributed by atoms with Crippen LogP contribution in [0.2, 0.25) is 0 Å². The van der Waals surface area contributed by atoms with E-state index in [0.29, 0.717) is 30.3 Å². The van der Waals surface area contributed by atoms with E-state index in [1.54, 1.807) is 42.5 Å². The summed E-state index contributed by atoms with van der Waals surface area (Å²) in [4.78, 5) is 20.1. The summed E-state index contributed by atoms with van der Waals surface area (Å²) in [7, 11) is 1.56. The summed E-state index contributed by atoms with van der Waals surface area (Å²) in [6, 6.07) is 9.05. The van der Waals surface area contributed by atoms with Gasteiger partial charge < -0.3 is 14.8 Å². The summed E-state index contributed by atoms with van der Waals surface area (Å²) in [5, 5.41) is 7.20. The highest BCUT2D eigenvalue weighted by Crippen LogP contribution is 2.25. The molecule has 0 fully saturated rings. The van der Waals surface area contributed by atoms with Gasteiger partial charge in [0, 0.05) is 25.1 Å². The maximum absolute atomic E-state index is 11.9. The molecule has 8 nitrogen and oxygen atoms in total. The average Bonchev–Trinajstić information content (AvgIpc) is 3.16. The molecule has 0 aliphatic rings. The van der Waals surface area contributed by atoms with Crippen molar-refractivity contribution in [2.45, 2.75) is 6.54 Å². The van der Waals surface area contributed by atoms with Crippen molar-refractivity contribution < 1.29 is 14.3 Å². The number of nitrogens with one attached hydrogen (secondary N) is 1. The molecule has 0 atom stereocenters. The predicted octanol–water partition coefficient (Wildman–Crippen LogP) is 1.54. The Hall–Kier alpha value is -3.42. The maximum Gasteiger partial charge on any atom is 0.258 e. The Balaban J connectivity index is 1.43. The molecule has 0 unspecified atom stereocenters. The molecule has 1 amide bonds. The molecule has 8 heteroatoms. The van der Waals surface area contributed by atoms with E-state index in [4.69, 9.17) is 9.47 Å². The monoisotopic (exact) mass is 353 g/mol. The molecule has 0 aliphatic carbocycles. The molecule has 26 heavy (non-hydrogen) atoms. The number of carbonyl (C=O) groups excluding carboxylic acids is 1. The first-order chi connectivity index (χ1) is 12.8. The van der Waals surface area contributed by atoms with E-state index in [0.717, 1.165) is 5.69 Å². The zero-order chi connectivity index (χ0) is 18.2. The Kier molecular flexibility index (Phi) is 5.76. The van der Waals surface area contributed by atoms with Crippen LogP contribution in [0, 0.1) is 0 Å². The largest absolute Gasteiger partial charge is 0.493 e. The summed E-state index contributed by atoms with van der Waals surface area (Å²) in [5.41, 5.74) is 1.45. The Bertz CT molecular complexity index is 851. The highest BCUT2D eigenvalue weighted by molar-refractivity contribution is 5.77. The molecule has 0 aliphatic heterocycles. The number of ether oxygens (including phenoxy) is 2. The van der Waals surface area contributed by atoms with Crippen LogP contribution in [0.4, 0.5) is 0 Å². The predicted molar refractivity (Wildman–Crippen MR) is 94.8 cm³/mol. The molecular formula is C18H19N5O3. The average molecular weight is 353 g/mol. The molecule has 2 aromatic heterocycles. The van der Waals surface area contributed by atoms with Gasteiger partial charge in [-0.25, -0.2) is 0 Å². The van der Waals surface area contributed by atoms with Gasteiger partial charge in [-0.3, -0.25) is 19.4 Å². The van der Waals surface area contributed by atoms with E-state index < -0.39 is 0 Å². The van der Waals surface area contributed by atoms with Gasteiger partial charge in [0.2, 0.25) is 0 Å². The lowest BCUT2D eigenvalue weighted by atomic mass is 10.3. The summed E-state index contributed by atoms with van der Waals surface area (Å²) in [6.07, 6.45) is 6.73. The first-order valence-electron chi connectivity index (χ1n) is 8.08. The minimum Gasteiger partial charge on any atom is -0.493 e. The van der Waals surface area contributed by atoms with Gasteiger partial charge in [0.15, 0.2) is 18.1 Å². The van der Waals surface area contributed by atoms with E-state index in [1.807, 2.05) is 24.4 Å². The van der Waals surface area contributed by atoms with Crippen molar-refractivity contribution in [2.75, 3.05) is 20.3 Å². The van der Waals surface area contributed by atoms with Crippen LogP contribution in [0.5, 0.6) is 11.5 Å². The fourth-order valence-electron chi connectivity index (χ4n) is 2.30. The van der Waals surface area contributed by atoms with Gasteiger partial charge in [-0.05, 0) is 18.2 Å². The maximum atomic E-state index is 11.9. The number of rotatable bonds is 8. The van der Waals surface area contributed by atoms with E-state index in [9.17, 15) is 4.79 Å². The zero-order valence-corrected chi connectivity index (χ0v) is 14.3. The summed E-state index contributed by atoms with van der Waals surface area (Å²) < 4.78 is 12.4. The number of carbonyl (C=O) groups is 1. The lowest BCUT2D eigenvalue weighted by molar-refractivity contribution is -0.123. The summed E-state index contributed by atoms with van der Waals surface area (Å²) in [6.45, 7) is 0.903. The van der Waals surface area contributed by atoms with Crippen LogP contribution in [0.1, 0.15) is 0 Å². The molecule has 134 valence electrons. The van der Waals surface area contributed by atoms with Gasteiger partial charge >= 0.3 is 0 Å². The molecule has 1 N–H and O–H groups in total. The van der Waals surface area contributed by atoms with Gasteiger partial charge in [-0.1, -0.05) is 12.1 Å². The van der Waals surface area contributed by atoms with Gasteiger partial charge in [0.25, 0.3) is 5.91 Å². The minimum atomic E-state index is -0.211. The van der Waals surface area contributed by atoms with Crippen LogP contribution in [0.15, 0.2) is 55.1 Å². The normalized spacial score (nSPS) is 10.3. The number of amides is 1. The Morgan fingerprint density at radius 1 is 1.15 bits per heavy atom. The van der Waals surface area contributed by atoms with Crippen LogP contribution in [0.25, 0.3) is 11.4 Å². The van der Waals surface area contributed by atoms with Crippen molar-refractivity contribution >= 4 is 5.91 Å². The van der Waals surface area contributed by atoms with Gasteiger partial charge in [-0.2, -0.15) is 5.10 Å². The quantitative estimate of drug-likeness (QED) is 0.661. The van der Waals surface area contributed by atoms with Crippen LogP contribution in [-0.4, -0.2) is 45.9 Å². The van der Waals surface area contributed by atoms with Crippen molar-refractivity contribution in [3.8, 4) is 22.9 Å². The SMILES string of the molecule is COc1ccccc1OCC(=O)NCCn1ccc(-c2cnccn2)n1. The topological polar surface area (TPSA) is 91.2 Å². The first kappa shape index (κ1) is 17.4. The lowest BCUT2D eigenvalue weighted by Crippen LogP contribution is -2.31. The molecule has 0 bridgehead atoms. The van der Waals surface area contributed by atoms with Gasteiger partial charge in [-0.15, -0.1) is 0 Å². The number of methoxy groups -OCH3 is 1. The molecule has 0 saturated carbocycles. The fraction of sp³-hybridized carbons (Fsp3) is 0.222. The third kappa shape index (κ3) is 4.56. The second-order valence-corrected chi connectivity index (χ2v) is 5.34. The molecular weight excluding hydrogens is 334 g/mol. The Labute approximate surface area is 150 Å². The van der Waals surface area contributed by atoms with Crippen LogP contribution >= 0.6 is 0 Å². The van der Waals surface area contributed by atoms with Crippen molar-refractivity contribution in [3.63, 3.8) is 0 Å². The third-order valence-electron chi connectivity index (χ3n) is 3.56. The number of hydrogen-bond donors (Lipinski definition) is 1. The van der Waals surface area contributed by atoms with E-state index in [-0.39, 0.29) is 12.5 Å².